The molecule has 0 aliphatic carbocycles. The van der Waals surface area contributed by atoms with Crippen molar-refractivity contribution in [1.82, 2.24) is 15.5 Å². The summed E-state index contributed by atoms with van der Waals surface area (Å²) in [7, 11) is 1.82. The highest BCUT2D eigenvalue weighted by molar-refractivity contribution is 14.0. The fraction of sp³-hybridized carbons (Fsp3) is 0.476. The minimum Gasteiger partial charge on any atom is -0.468 e. The first-order chi connectivity index (χ1) is 12.8. The van der Waals surface area contributed by atoms with Gasteiger partial charge in [0.25, 0.3) is 0 Å². The Hall–Kier alpha value is -1.54. The predicted molar refractivity (Wildman–Crippen MR) is 122 cm³/mol. The summed E-state index contributed by atoms with van der Waals surface area (Å²) in [6.45, 7) is 6.04. The maximum Gasteiger partial charge on any atom is 0.191 e. The Morgan fingerprint density at radius 1 is 1.19 bits per heavy atom. The van der Waals surface area contributed by atoms with Crippen molar-refractivity contribution < 1.29 is 4.42 Å². The molecule has 1 aromatic heterocycles. The second kappa shape index (κ2) is 11.3. The average Bonchev–Trinajstić information content (AvgIpc) is 3.35. The van der Waals surface area contributed by atoms with Gasteiger partial charge >= 0.3 is 0 Å². The second-order valence-corrected chi connectivity index (χ2v) is 6.89. The zero-order valence-corrected chi connectivity index (χ0v) is 18.6. The number of rotatable bonds is 7. The summed E-state index contributed by atoms with van der Waals surface area (Å²) in [5, 5.41) is 6.89. The lowest BCUT2D eigenvalue weighted by atomic mass is 10.1. The number of nitrogens with zero attached hydrogens (tertiary/aromatic N) is 2. The molecule has 5 nitrogen and oxygen atoms in total. The number of likely N-dealkylation sites (tertiary alicyclic amines) is 1. The molecule has 0 radical (unpaired) electrons. The van der Waals surface area contributed by atoms with Crippen LogP contribution in [0.2, 0.25) is 0 Å². The molecule has 0 bridgehead atoms. The minimum absolute atomic E-state index is 0. The number of furan rings is 1. The van der Waals surface area contributed by atoms with Crippen LogP contribution in [-0.4, -0.2) is 44.1 Å². The fourth-order valence-electron chi connectivity index (χ4n) is 3.55. The van der Waals surface area contributed by atoms with Gasteiger partial charge in [0.15, 0.2) is 5.96 Å². The number of hydrogen-bond acceptors (Lipinski definition) is 3. The van der Waals surface area contributed by atoms with Crippen LogP contribution in [0.3, 0.4) is 0 Å². The van der Waals surface area contributed by atoms with Gasteiger partial charge in [-0.15, -0.1) is 24.0 Å². The van der Waals surface area contributed by atoms with E-state index in [1.54, 1.807) is 6.26 Å². The van der Waals surface area contributed by atoms with E-state index in [-0.39, 0.29) is 30.0 Å². The molecule has 2 N–H and O–H groups in total. The predicted octanol–water partition coefficient (Wildman–Crippen LogP) is 3.75. The van der Waals surface area contributed by atoms with Gasteiger partial charge in [-0.1, -0.05) is 29.8 Å². The van der Waals surface area contributed by atoms with Gasteiger partial charge in [-0.2, -0.15) is 0 Å². The SMILES string of the molecule is CN=C(NCCc1cccc(C)c1)NCC(c1ccco1)N1CCCC1.I. The van der Waals surface area contributed by atoms with Crippen molar-refractivity contribution in [3.05, 3.63) is 59.5 Å². The van der Waals surface area contributed by atoms with Gasteiger partial charge < -0.3 is 15.1 Å². The van der Waals surface area contributed by atoms with Crippen LogP contribution in [-0.2, 0) is 6.42 Å². The Balaban J connectivity index is 0.00000261. The summed E-state index contributed by atoms with van der Waals surface area (Å²) in [4.78, 5) is 6.85. The van der Waals surface area contributed by atoms with Gasteiger partial charge in [0.2, 0.25) is 0 Å². The highest BCUT2D eigenvalue weighted by Crippen LogP contribution is 2.24. The molecule has 0 spiro atoms. The summed E-state index contributed by atoms with van der Waals surface area (Å²) in [5.41, 5.74) is 2.65. The van der Waals surface area contributed by atoms with E-state index in [0.29, 0.717) is 0 Å². The Kier molecular flexibility index (Phi) is 9.14. The molecule has 1 atom stereocenters. The third kappa shape index (κ3) is 6.53. The van der Waals surface area contributed by atoms with Crippen molar-refractivity contribution in [2.24, 2.45) is 4.99 Å². The van der Waals surface area contributed by atoms with E-state index in [0.717, 1.165) is 44.3 Å². The number of aryl methyl sites for hydroxylation is 1. The van der Waals surface area contributed by atoms with Crippen molar-refractivity contribution in [3.8, 4) is 0 Å². The van der Waals surface area contributed by atoms with Crippen molar-refractivity contribution >= 4 is 29.9 Å². The molecule has 2 heterocycles. The van der Waals surface area contributed by atoms with Crippen LogP contribution in [0.5, 0.6) is 0 Å². The third-order valence-corrected chi connectivity index (χ3v) is 4.93. The molecule has 2 aromatic rings. The van der Waals surface area contributed by atoms with Gasteiger partial charge in [-0.25, -0.2) is 0 Å². The van der Waals surface area contributed by atoms with E-state index in [1.165, 1.54) is 24.0 Å². The lowest BCUT2D eigenvalue weighted by Crippen LogP contribution is -2.43. The molecule has 27 heavy (non-hydrogen) atoms. The molecule has 6 heteroatoms. The van der Waals surface area contributed by atoms with E-state index in [4.69, 9.17) is 4.42 Å². The quantitative estimate of drug-likeness (QED) is 0.359. The summed E-state index contributed by atoms with van der Waals surface area (Å²) in [6.07, 6.45) is 5.27. The standard InChI is InChI=1S/C21H30N4O.HI/c1-17-7-5-8-18(15-17)10-11-23-21(22-2)24-16-19(20-9-6-14-26-20)25-12-3-4-13-25;/h5-9,14-15,19H,3-4,10-13,16H2,1-2H3,(H2,22,23,24);1H. The maximum absolute atomic E-state index is 5.68. The Bertz CT molecular complexity index is 696. The van der Waals surface area contributed by atoms with Crippen LogP contribution >= 0.6 is 24.0 Å². The zero-order chi connectivity index (χ0) is 18.2. The van der Waals surface area contributed by atoms with Gasteiger partial charge in [0.1, 0.15) is 5.76 Å². The van der Waals surface area contributed by atoms with Crippen molar-refractivity contribution in [2.75, 3.05) is 33.2 Å². The van der Waals surface area contributed by atoms with Crippen molar-refractivity contribution in [2.45, 2.75) is 32.2 Å². The Morgan fingerprint density at radius 3 is 2.67 bits per heavy atom. The highest BCUT2D eigenvalue weighted by atomic mass is 127. The molecule has 1 saturated heterocycles. The van der Waals surface area contributed by atoms with Crippen molar-refractivity contribution in [3.63, 3.8) is 0 Å². The molecular weight excluding hydrogens is 451 g/mol. The molecule has 1 aliphatic rings. The molecule has 3 rings (SSSR count). The molecule has 1 fully saturated rings. The molecule has 0 saturated carbocycles. The molecule has 1 aliphatic heterocycles. The lowest BCUT2D eigenvalue weighted by Gasteiger charge is -2.26. The molecule has 1 aromatic carbocycles. The normalized spacial score (nSPS) is 16.0. The Morgan fingerprint density at radius 2 is 2.00 bits per heavy atom. The summed E-state index contributed by atoms with van der Waals surface area (Å²) >= 11 is 0. The summed E-state index contributed by atoms with van der Waals surface area (Å²) in [5.74, 6) is 1.86. The highest BCUT2D eigenvalue weighted by Gasteiger charge is 2.25. The first-order valence-electron chi connectivity index (χ1n) is 9.54. The zero-order valence-electron chi connectivity index (χ0n) is 16.3. The van der Waals surface area contributed by atoms with Crippen LogP contribution in [0.1, 0.15) is 35.8 Å². The van der Waals surface area contributed by atoms with E-state index < -0.39 is 0 Å². The Labute approximate surface area is 179 Å². The monoisotopic (exact) mass is 482 g/mol. The lowest BCUT2D eigenvalue weighted by molar-refractivity contribution is 0.215. The maximum atomic E-state index is 5.68. The molecular formula is C21H31IN4O. The first kappa shape index (κ1) is 21.8. The van der Waals surface area contributed by atoms with E-state index in [9.17, 15) is 0 Å². The fourth-order valence-corrected chi connectivity index (χ4v) is 3.55. The number of nitrogens with one attached hydrogen (secondary N) is 2. The summed E-state index contributed by atoms with van der Waals surface area (Å²) in [6, 6.07) is 12.9. The van der Waals surface area contributed by atoms with E-state index in [1.807, 2.05) is 13.1 Å². The molecule has 1 unspecified atom stereocenters. The minimum atomic E-state index is 0. The number of guanidine groups is 1. The van der Waals surface area contributed by atoms with Crippen LogP contribution in [0.15, 0.2) is 52.1 Å². The second-order valence-electron chi connectivity index (χ2n) is 6.89. The van der Waals surface area contributed by atoms with Crippen LogP contribution in [0, 0.1) is 6.92 Å². The number of halogens is 1. The third-order valence-electron chi connectivity index (χ3n) is 4.93. The number of aliphatic imine (C=N–C) groups is 1. The van der Waals surface area contributed by atoms with Crippen molar-refractivity contribution in [1.29, 1.82) is 0 Å². The van der Waals surface area contributed by atoms with E-state index in [2.05, 4.69) is 57.8 Å². The molecule has 0 amide bonds. The van der Waals surface area contributed by atoms with Crippen LogP contribution in [0.25, 0.3) is 0 Å². The van der Waals surface area contributed by atoms with Crippen LogP contribution < -0.4 is 10.6 Å². The largest absolute Gasteiger partial charge is 0.468 e. The van der Waals surface area contributed by atoms with Gasteiger partial charge in [0.05, 0.1) is 12.3 Å². The van der Waals surface area contributed by atoms with Gasteiger partial charge in [-0.3, -0.25) is 9.89 Å². The topological polar surface area (TPSA) is 52.8 Å². The first-order valence-corrected chi connectivity index (χ1v) is 9.54. The molecule has 148 valence electrons. The van der Waals surface area contributed by atoms with E-state index >= 15 is 0 Å². The van der Waals surface area contributed by atoms with Gasteiger partial charge in [0, 0.05) is 20.1 Å². The number of hydrogen-bond donors (Lipinski definition) is 2. The number of benzene rings is 1. The summed E-state index contributed by atoms with van der Waals surface area (Å²) < 4.78 is 5.68. The smallest absolute Gasteiger partial charge is 0.191 e. The average molecular weight is 482 g/mol. The van der Waals surface area contributed by atoms with Gasteiger partial charge in [-0.05, 0) is 57.0 Å². The van der Waals surface area contributed by atoms with Crippen LogP contribution in [0.4, 0.5) is 0 Å².